The van der Waals surface area contributed by atoms with Gasteiger partial charge in [-0.15, -0.1) is 0 Å². The molecule has 4 aromatic rings. The second kappa shape index (κ2) is 8.57. The Morgan fingerprint density at radius 1 is 0.767 bits per heavy atom. The third-order valence-electron chi connectivity index (χ3n) is 4.92. The Morgan fingerprint density at radius 2 is 1.50 bits per heavy atom. The van der Waals surface area contributed by atoms with Gasteiger partial charge in [0, 0.05) is 28.6 Å². The second-order valence-corrected chi connectivity index (χ2v) is 7.11. The molecule has 0 aliphatic heterocycles. The van der Waals surface area contributed by atoms with Crippen LogP contribution >= 0.6 is 0 Å². The highest BCUT2D eigenvalue weighted by Crippen LogP contribution is 2.22. The normalized spacial score (nSPS) is 10.5. The predicted molar refractivity (Wildman–Crippen MR) is 121 cm³/mol. The molecule has 2 N–H and O–H groups in total. The van der Waals surface area contributed by atoms with Crippen LogP contribution in [0.4, 0.5) is 17.2 Å². The summed E-state index contributed by atoms with van der Waals surface area (Å²) in [6.07, 6.45) is 1.54. The molecule has 148 valence electrons. The molecule has 1 heterocycles. The van der Waals surface area contributed by atoms with E-state index in [1.807, 2.05) is 92.7 Å². The number of nitrogens with zero attached hydrogens (tertiary/aromatic N) is 2. The Bertz CT molecular complexity index is 1170. The van der Waals surface area contributed by atoms with Crippen LogP contribution in [-0.4, -0.2) is 15.9 Å². The number of aryl methyl sites for hydroxylation is 2. The number of nitrogens with one attached hydrogen (secondary N) is 2. The summed E-state index contributed by atoms with van der Waals surface area (Å²) in [7, 11) is 0. The minimum Gasteiger partial charge on any atom is -0.340 e. The molecule has 0 unspecified atom stereocenters. The summed E-state index contributed by atoms with van der Waals surface area (Å²) in [5.41, 5.74) is 6.41. The summed E-state index contributed by atoms with van der Waals surface area (Å²) in [5, 5.41) is 6.21. The molecule has 0 bridgehead atoms. The Balaban J connectivity index is 1.44. The lowest BCUT2D eigenvalue weighted by Gasteiger charge is -2.10. The molecule has 1 aromatic heterocycles. The van der Waals surface area contributed by atoms with Crippen LogP contribution in [0.2, 0.25) is 0 Å². The highest BCUT2D eigenvalue weighted by Gasteiger charge is 2.08. The van der Waals surface area contributed by atoms with Crippen LogP contribution in [0.1, 0.15) is 21.5 Å². The quantitative estimate of drug-likeness (QED) is 0.452. The molecule has 0 aliphatic carbocycles. The third-order valence-corrected chi connectivity index (χ3v) is 4.92. The Hall–Kier alpha value is -3.99. The highest BCUT2D eigenvalue weighted by molar-refractivity contribution is 6.04. The first-order valence-corrected chi connectivity index (χ1v) is 9.72. The molecule has 0 radical (unpaired) electrons. The van der Waals surface area contributed by atoms with Crippen molar-refractivity contribution in [2.45, 2.75) is 13.8 Å². The summed E-state index contributed by atoms with van der Waals surface area (Å²) < 4.78 is 0. The Labute approximate surface area is 175 Å². The van der Waals surface area contributed by atoms with Gasteiger partial charge in [-0.25, -0.2) is 9.97 Å². The van der Waals surface area contributed by atoms with E-state index >= 15 is 0 Å². The van der Waals surface area contributed by atoms with E-state index in [1.165, 1.54) is 5.56 Å². The van der Waals surface area contributed by atoms with Crippen LogP contribution in [0.15, 0.2) is 85.2 Å². The predicted octanol–water partition coefficient (Wildman–Crippen LogP) is 5.76. The van der Waals surface area contributed by atoms with Crippen LogP contribution in [0.5, 0.6) is 0 Å². The number of aromatic nitrogens is 2. The lowest BCUT2D eigenvalue weighted by molar-refractivity contribution is 0.102. The molecule has 0 fully saturated rings. The molecule has 1 amide bonds. The van der Waals surface area contributed by atoms with Crippen molar-refractivity contribution in [2.24, 2.45) is 0 Å². The number of hydrogen-bond acceptors (Lipinski definition) is 4. The number of amides is 1. The third kappa shape index (κ3) is 4.52. The van der Waals surface area contributed by atoms with Gasteiger partial charge in [-0.2, -0.15) is 0 Å². The van der Waals surface area contributed by atoms with Gasteiger partial charge in [0.15, 0.2) is 0 Å². The molecule has 0 saturated carbocycles. The molecular formula is C25H22N4O. The minimum absolute atomic E-state index is 0.123. The zero-order chi connectivity index (χ0) is 20.9. The van der Waals surface area contributed by atoms with Gasteiger partial charge >= 0.3 is 0 Å². The van der Waals surface area contributed by atoms with E-state index in [2.05, 4.69) is 20.6 Å². The van der Waals surface area contributed by atoms with Crippen molar-refractivity contribution in [3.63, 3.8) is 0 Å². The zero-order valence-electron chi connectivity index (χ0n) is 16.9. The fourth-order valence-electron chi connectivity index (χ4n) is 3.06. The van der Waals surface area contributed by atoms with Crippen molar-refractivity contribution in [3.8, 4) is 11.3 Å². The number of carbonyl (C=O) groups excluding carboxylic acids is 1. The Kier molecular flexibility index (Phi) is 5.52. The van der Waals surface area contributed by atoms with Crippen molar-refractivity contribution in [2.75, 3.05) is 10.6 Å². The molecule has 5 heteroatoms. The number of hydrogen-bond donors (Lipinski definition) is 2. The second-order valence-electron chi connectivity index (χ2n) is 7.11. The molecule has 5 nitrogen and oxygen atoms in total. The summed E-state index contributed by atoms with van der Waals surface area (Å²) in [5.74, 6) is 0.581. The van der Waals surface area contributed by atoms with E-state index in [1.54, 1.807) is 6.33 Å². The van der Waals surface area contributed by atoms with Gasteiger partial charge in [0.1, 0.15) is 12.1 Å². The average molecular weight is 394 g/mol. The fraction of sp³-hybridized carbons (Fsp3) is 0.0800. The topological polar surface area (TPSA) is 66.9 Å². The van der Waals surface area contributed by atoms with E-state index < -0.39 is 0 Å². The molecule has 0 saturated heterocycles. The first-order chi connectivity index (χ1) is 14.6. The molecular weight excluding hydrogens is 372 g/mol. The van der Waals surface area contributed by atoms with Gasteiger partial charge in [-0.05, 0) is 61.4 Å². The van der Waals surface area contributed by atoms with Crippen LogP contribution < -0.4 is 10.6 Å². The average Bonchev–Trinajstić information content (AvgIpc) is 2.78. The molecule has 30 heavy (non-hydrogen) atoms. The van der Waals surface area contributed by atoms with Crippen molar-refractivity contribution in [3.05, 3.63) is 102 Å². The molecule has 4 rings (SSSR count). The summed E-state index contributed by atoms with van der Waals surface area (Å²) in [6.45, 7) is 4.03. The largest absolute Gasteiger partial charge is 0.340 e. The van der Waals surface area contributed by atoms with E-state index in [0.29, 0.717) is 11.4 Å². The highest BCUT2D eigenvalue weighted by atomic mass is 16.1. The Morgan fingerprint density at radius 3 is 2.23 bits per heavy atom. The molecule has 0 aliphatic rings. The van der Waals surface area contributed by atoms with Crippen molar-refractivity contribution < 1.29 is 4.79 Å². The molecule has 3 aromatic carbocycles. The summed E-state index contributed by atoms with van der Waals surface area (Å²) in [4.78, 5) is 21.1. The number of benzene rings is 3. The van der Waals surface area contributed by atoms with Gasteiger partial charge in [0.25, 0.3) is 5.91 Å². The smallest absolute Gasteiger partial charge is 0.255 e. The lowest BCUT2D eigenvalue weighted by atomic mass is 10.1. The number of rotatable bonds is 5. The van der Waals surface area contributed by atoms with E-state index in [9.17, 15) is 4.79 Å². The number of anilines is 3. The monoisotopic (exact) mass is 394 g/mol. The standard InChI is InChI=1S/C25H22N4O/c1-17-8-9-20(14-18(17)2)25(30)29-22-12-10-21(11-13-22)28-24-15-23(26-16-27-24)19-6-4-3-5-7-19/h3-16H,1-2H3,(H,29,30)(H,26,27,28). The van der Waals surface area contributed by atoms with Gasteiger partial charge < -0.3 is 10.6 Å². The first-order valence-electron chi connectivity index (χ1n) is 9.72. The van der Waals surface area contributed by atoms with Crippen LogP contribution in [0, 0.1) is 13.8 Å². The van der Waals surface area contributed by atoms with Crippen molar-refractivity contribution >= 4 is 23.1 Å². The number of carbonyl (C=O) groups is 1. The maximum atomic E-state index is 12.5. The van der Waals surface area contributed by atoms with Gasteiger partial charge in [0.2, 0.25) is 0 Å². The first kappa shape index (κ1) is 19.3. The van der Waals surface area contributed by atoms with Crippen molar-refractivity contribution in [1.82, 2.24) is 9.97 Å². The van der Waals surface area contributed by atoms with E-state index in [0.717, 1.165) is 28.2 Å². The van der Waals surface area contributed by atoms with Gasteiger partial charge in [-0.3, -0.25) is 4.79 Å². The molecule has 0 spiro atoms. The lowest BCUT2D eigenvalue weighted by Crippen LogP contribution is -2.12. The van der Waals surface area contributed by atoms with Gasteiger partial charge in [-0.1, -0.05) is 36.4 Å². The van der Waals surface area contributed by atoms with Crippen molar-refractivity contribution in [1.29, 1.82) is 0 Å². The minimum atomic E-state index is -0.123. The maximum absolute atomic E-state index is 12.5. The maximum Gasteiger partial charge on any atom is 0.255 e. The van der Waals surface area contributed by atoms with Crippen LogP contribution in [0.3, 0.4) is 0 Å². The SMILES string of the molecule is Cc1ccc(C(=O)Nc2ccc(Nc3cc(-c4ccccc4)ncn3)cc2)cc1C. The van der Waals surface area contributed by atoms with Crippen LogP contribution in [-0.2, 0) is 0 Å². The van der Waals surface area contributed by atoms with Gasteiger partial charge in [0.05, 0.1) is 5.69 Å². The summed E-state index contributed by atoms with van der Waals surface area (Å²) >= 11 is 0. The fourth-order valence-corrected chi connectivity index (χ4v) is 3.06. The zero-order valence-corrected chi connectivity index (χ0v) is 16.9. The summed E-state index contributed by atoms with van der Waals surface area (Å²) in [6, 6.07) is 25.1. The molecule has 0 atom stereocenters. The van der Waals surface area contributed by atoms with E-state index in [-0.39, 0.29) is 5.91 Å². The van der Waals surface area contributed by atoms with E-state index in [4.69, 9.17) is 0 Å². The van der Waals surface area contributed by atoms with Crippen LogP contribution in [0.25, 0.3) is 11.3 Å².